The van der Waals surface area contributed by atoms with Gasteiger partial charge in [-0.1, -0.05) is 18.0 Å². The molecular formula is C10H11ClN2O. The second kappa shape index (κ2) is 3.96. The first-order valence-corrected chi connectivity index (χ1v) is 5.06. The van der Waals surface area contributed by atoms with E-state index in [2.05, 4.69) is 10.3 Å². The first-order valence-electron chi connectivity index (χ1n) is 4.68. The van der Waals surface area contributed by atoms with Gasteiger partial charge in [0.25, 0.3) is 0 Å². The summed E-state index contributed by atoms with van der Waals surface area (Å²) >= 11 is 5.67. The number of pyridine rings is 1. The smallest absolute Gasteiger partial charge is 0.228 e. The van der Waals surface area contributed by atoms with E-state index in [0.29, 0.717) is 10.8 Å². The Labute approximate surface area is 87.5 Å². The SMILES string of the molecule is O=C(Nc1ccc(Cl)cn1)C1CCC1. The van der Waals surface area contributed by atoms with Crippen LogP contribution in [0.5, 0.6) is 0 Å². The Bertz CT molecular complexity index is 332. The van der Waals surface area contributed by atoms with E-state index in [1.54, 1.807) is 12.1 Å². The maximum absolute atomic E-state index is 11.5. The molecule has 1 aromatic rings. The van der Waals surface area contributed by atoms with E-state index in [4.69, 9.17) is 11.6 Å². The van der Waals surface area contributed by atoms with E-state index < -0.39 is 0 Å². The molecule has 0 unspecified atom stereocenters. The second-order valence-electron chi connectivity index (χ2n) is 3.48. The van der Waals surface area contributed by atoms with Gasteiger partial charge in [-0.05, 0) is 25.0 Å². The fourth-order valence-electron chi connectivity index (χ4n) is 1.35. The standard InChI is InChI=1S/C10H11ClN2O/c11-8-4-5-9(12-6-8)13-10(14)7-2-1-3-7/h4-7H,1-3H2,(H,12,13,14). The van der Waals surface area contributed by atoms with Crippen LogP contribution >= 0.6 is 11.6 Å². The lowest BCUT2D eigenvalue weighted by Crippen LogP contribution is -2.28. The molecule has 1 amide bonds. The lowest BCUT2D eigenvalue weighted by atomic mass is 9.85. The predicted molar refractivity (Wildman–Crippen MR) is 55.2 cm³/mol. The van der Waals surface area contributed by atoms with Gasteiger partial charge in [0.1, 0.15) is 5.82 Å². The molecule has 2 rings (SSSR count). The Hall–Kier alpha value is -1.09. The van der Waals surface area contributed by atoms with Crippen molar-refractivity contribution in [2.75, 3.05) is 5.32 Å². The number of rotatable bonds is 2. The van der Waals surface area contributed by atoms with Crippen LogP contribution in [0, 0.1) is 5.92 Å². The Kier molecular flexibility index (Phi) is 2.68. The molecule has 14 heavy (non-hydrogen) atoms. The van der Waals surface area contributed by atoms with Gasteiger partial charge in [-0.15, -0.1) is 0 Å². The number of hydrogen-bond acceptors (Lipinski definition) is 2. The number of amides is 1. The number of carbonyl (C=O) groups excluding carboxylic acids is 1. The highest BCUT2D eigenvalue weighted by Gasteiger charge is 2.25. The first-order chi connectivity index (χ1) is 6.75. The number of aromatic nitrogens is 1. The molecular weight excluding hydrogens is 200 g/mol. The summed E-state index contributed by atoms with van der Waals surface area (Å²) < 4.78 is 0. The van der Waals surface area contributed by atoms with Gasteiger partial charge in [0, 0.05) is 12.1 Å². The highest BCUT2D eigenvalue weighted by molar-refractivity contribution is 6.30. The highest BCUT2D eigenvalue weighted by atomic mass is 35.5. The highest BCUT2D eigenvalue weighted by Crippen LogP contribution is 2.27. The molecule has 74 valence electrons. The monoisotopic (exact) mass is 210 g/mol. The lowest BCUT2D eigenvalue weighted by molar-refractivity contribution is -0.122. The zero-order chi connectivity index (χ0) is 9.97. The molecule has 0 saturated heterocycles. The van der Waals surface area contributed by atoms with E-state index in [0.717, 1.165) is 19.3 Å². The van der Waals surface area contributed by atoms with Gasteiger partial charge in [-0.25, -0.2) is 4.98 Å². The normalized spacial score (nSPS) is 16.1. The first kappa shape index (κ1) is 9.46. The third-order valence-corrected chi connectivity index (χ3v) is 2.68. The second-order valence-corrected chi connectivity index (χ2v) is 3.92. The molecule has 1 saturated carbocycles. The minimum absolute atomic E-state index is 0.0751. The van der Waals surface area contributed by atoms with Crippen LogP contribution < -0.4 is 5.32 Å². The molecule has 4 heteroatoms. The van der Waals surface area contributed by atoms with Gasteiger partial charge in [-0.2, -0.15) is 0 Å². The molecule has 1 aliphatic carbocycles. The fourth-order valence-corrected chi connectivity index (χ4v) is 1.46. The number of anilines is 1. The van der Waals surface area contributed by atoms with Crippen molar-refractivity contribution in [1.29, 1.82) is 0 Å². The molecule has 3 nitrogen and oxygen atoms in total. The summed E-state index contributed by atoms with van der Waals surface area (Å²) in [5.74, 6) is 0.838. The average molecular weight is 211 g/mol. The molecule has 0 bridgehead atoms. The van der Waals surface area contributed by atoms with E-state index in [-0.39, 0.29) is 11.8 Å². The van der Waals surface area contributed by atoms with Crippen molar-refractivity contribution >= 4 is 23.3 Å². The Morgan fingerprint density at radius 2 is 2.29 bits per heavy atom. The summed E-state index contributed by atoms with van der Waals surface area (Å²) in [6.45, 7) is 0. The van der Waals surface area contributed by atoms with Crippen molar-refractivity contribution in [2.45, 2.75) is 19.3 Å². The molecule has 0 atom stereocenters. The number of nitrogens with one attached hydrogen (secondary N) is 1. The van der Waals surface area contributed by atoms with Crippen molar-refractivity contribution in [1.82, 2.24) is 4.98 Å². The third-order valence-electron chi connectivity index (χ3n) is 2.45. The molecule has 1 fully saturated rings. The molecule has 0 spiro atoms. The third kappa shape index (κ3) is 2.04. The van der Waals surface area contributed by atoms with Crippen LogP contribution in [0.25, 0.3) is 0 Å². The zero-order valence-corrected chi connectivity index (χ0v) is 8.42. The van der Waals surface area contributed by atoms with Gasteiger partial charge < -0.3 is 5.32 Å². The number of nitrogens with zero attached hydrogens (tertiary/aromatic N) is 1. The molecule has 1 aromatic heterocycles. The number of hydrogen-bond donors (Lipinski definition) is 1. The molecule has 0 aromatic carbocycles. The van der Waals surface area contributed by atoms with Crippen molar-refractivity contribution < 1.29 is 4.79 Å². The van der Waals surface area contributed by atoms with Crippen LogP contribution in [-0.4, -0.2) is 10.9 Å². The summed E-state index contributed by atoms with van der Waals surface area (Å²) in [5.41, 5.74) is 0. The van der Waals surface area contributed by atoms with Gasteiger partial charge >= 0.3 is 0 Å². The number of carbonyl (C=O) groups is 1. The van der Waals surface area contributed by atoms with Gasteiger partial charge in [0.2, 0.25) is 5.91 Å². The predicted octanol–water partition coefficient (Wildman–Crippen LogP) is 2.47. The summed E-state index contributed by atoms with van der Waals surface area (Å²) in [5, 5.41) is 3.34. The van der Waals surface area contributed by atoms with Crippen LogP contribution in [0.4, 0.5) is 5.82 Å². The van der Waals surface area contributed by atoms with Crippen LogP contribution in [-0.2, 0) is 4.79 Å². The Balaban J connectivity index is 1.96. The van der Waals surface area contributed by atoms with Crippen LogP contribution in [0.2, 0.25) is 5.02 Å². The minimum atomic E-state index is 0.0751. The minimum Gasteiger partial charge on any atom is -0.310 e. The van der Waals surface area contributed by atoms with Crippen LogP contribution in [0.15, 0.2) is 18.3 Å². The maximum atomic E-state index is 11.5. The Morgan fingerprint density at radius 1 is 1.50 bits per heavy atom. The number of halogens is 1. The van der Waals surface area contributed by atoms with Crippen LogP contribution in [0.3, 0.4) is 0 Å². The van der Waals surface area contributed by atoms with Gasteiger partial charge in [-0.3, -0.25) is 4.79 Å². The molecule has 1 heterocycles. The van der Waals surface area contributed by atoms with Gasteiger partial charge in [0.05, 0.1) is 5.02 Å². The fraction of sp³-hybridized carbons (Fsp3) is 0.400. The Morgan fingerprint density at radius 3 is 2.79 bits per heavy atom. The van der Waals surface area contributed by atoms with E-state index in [9.17, 15) is 4.79 Å². The maximum Gasteiger partial charge on any atom is 0.228 e. The van der Waals surface area contributed by atoms with Crippen molar-refractivity contribution in [3.05, 3.63) is 23.4 Å². The summed E-state index contributed by atoms with van der Waals surface area (Å²) in [6.07, 6.45) is 4.68. The van der Waals surface area contributed by atoms with Crippen molar-refractivity contribution in [2.24, 2.45) is 5.92 Å². The van der Waals surface area contributed by atoms with E-state index >= 15 is 0 Å². The van der Waals surface area contributed by atoms with E-state index in [1.807, 2.05) is 0 Å². The summed E-state index contributed by atoms with van der Waals surface area (Å²) in [4.78, 5) is 15.5. The molecule has 0 aliphatic heterocycles. The van der Waals surface area contributed by atoms with E-state index in [1.165, 1.54) is 6.20 Å². The molecule has 0 radical (unpaired) electrons. The topological polar surface area (TPSA) is 42.0 Å². The largest absolute Gasteiger partial charge is 0.310 e. The quantitative estimate of drug-likeness (QED) is 0.815. The molecule has 1 N–H and O–H groups in total. The summed E-state index contributed by atoms with van der Waals surface area (Å²) in [6, 6.07) is 3.42. The van der Waals surface area contributed by atoms with Crippen LogP contribution in [0.1, 0.15) is 19.3 Å². The van der Waals surface area contributed by atoms with Crippen molar-refractivity contribution in [3.63, 3.8) is 0 Å². The zero-order valence-electron chi connectivity index (χ0n) is 7.66. The van der Waals surface area contributed by atoms with Crippen molar-refractivity contribution in [3.8, 4) is 0 Å². The lowest BCUT2D eigenvalue weighted by Gasteiger charge is -2.23. The van der Waals surface area contributed by atoms with Gasteiger partial charge in [0.15, 0.2) is 0 Å². The average Bonchev–Trinajstić information content (AvgIpc) is 2.06. The molecule has 1 aliphatic rings. The summed E-state index contributed by atoms with van der Waals surface area (Å²) in [7, 11) is 0.